The second kappa shape index (κ2) is 8.98. The molecule has 2 atom stereocenters. The predicted octanol–water partition coefficient (Wildman–Crippen LogP) is 3.36. The summed E-state index contributed by atoms with van der Waals surface area (Å²) >= 11 is 0. The summed E-state index contributed by atoms with van der Waals surface area (Å²) in [6.07, 6.45) is 2.10. The van der Waals surface area contributed by atoms with Gasteiger partial charge < -0.3 is 11.1 Å². The van der Waals surface area contributed by atoms with Crippen LogP contribution in [0.4, 0.5) is 0 Å². The van der Waals surface area contributed by atoms with E-state index in [-0.39, 0.29) is 24.4 Å². The molecule has 0 aliphatic carbocycles. The molecule has 1 aromatic rings. The van der Waals surface area contributed by atoms with Crippen LogP contribution in [0.1, 0.15) is 50.8 Å². The average Bonchev–Trinajstić information content (AvgIpc) is 2.36. The monoisotopic (exact) mass is 298 g/mol. The first-order chi connectivity index (χ1) is 8.90. The lowest BCUT2D eigenvalue weighted by atomic mass is 10.0. The lowest BCUT2D eigenvalue weighted by Gasteiger charge is -2.18. The Balaban J connectivity index is 0.00000361. The molecule has 0 saturated carbocycles. The van der Waals surface area contributed by atoms with E-state index in [1.807, 2.05) is 38.1 Å². The van der Waals surface area contributed by atoms with Gasteiger partial charge in [-0.05, 0) is 38.2 Å². The van der Waals surface area contributed by atoms with E-state index in [1.54, 1.807) is 0 Å². The molecule has 114 valence electrons. The highest BCUT2D eigenvalue weighted by atomic mass is 35.5. The van der Waals surface area contributed by atoms with E-state index in [9.17, 15) is 4.79 Å². The van der Waals surface area contributed by atoms with Crippen LogP contribution in [-0.4, -0.2) is 11.9 Å². The number of carbonyl (C=O) groups excluding carboxylic acids is 1. The highest BCUT2D eigenvalue weighted by Crippen LogP contribution is 2.13. The number of hydrogen-bond donors (Lipinski definition) is 2. The fourth-order valence-electron chi connectivity index (χ4n) is 1.91. The van der Waals surface area contributed by atoms with Crippen molar-refractivity contribution in [2.45, 2.75) is 52.6 Å². The Hall–Kier alpha value is -1.06. The van der Waals surface area contributed by atoms with Crippen molar-refractivity contribution >= 4 is 18.3 Å². The van der Waals surface area contributed by atoms with Gasteiger partial charge in [-0.1, -0.05) is 43.7 Å². The Morgan fingerprint density at radius 1 is 1.15 bits per heavy atom. The van der Waals surface area contributed by atoms with Gasteiger partial charge in [-0.2, -0.15) is 0 Å². The summed E-state index contributed by atoms with van der Waals surface area (Å²) in [6, 6.07) is 7.37. The van der Waals surface area contributed by atoms with Gasteiger partial charge in [0.05, 0.1) is 0 Å². The van der Waals surface area contributed by atoms with Crippen molar-refractivity contribution in [1.29, 1.82) is 0 Å². The van der Waals surface area contributed by atoms with Gasteiger partial charge in [0, 0.05) is 6.04 Å². The number of nitrogens with two attached hydrogens (primary N) is 1. The van der Waals surface area contributed by atoms with E-state index >= 15 is 0 Å². The van der Waals surface area contributed by atoms with E-state index in [0.29, 0.717) is 5.92 Å². The molecule has 0 aliphatic rings. The molecule has 0 spiro atoms. The molecule has 0 aromatic heterocycles. The second-order valence-corrected chi connectivity index (χ2v) is 5.77. The SMILES string of the molecule is Cc1ccc(C(N)C(=O)NC(C)CCC(C)C)cc1.Cl. The molecule has 0 heterocycles. The first-order valence-corrected chi connectivity index (χ1v) is 7.02. The van der Waals surface area contributed by atoms with Crippen molar-refractivity contribution < 1.29 is 4.79 Å². The second-order valence-electron chi connectivity index (χ2n) is 5.77. The van der Waals surface area contributed by atoms with Gasteiger partial charge in [0.15, 0.2) is 0 Å². The number of carbonyl (C=O) groups is 1. The van der Waals surface area contributed by atoms with Crippen LogP contribution in [0.25, 0.3) is 0 Å². The summed E-state index contributed by atoms with van der Waals surface area (Å²) in [7, 11) is 0. The van der Waals surface area contributed by atoms with Crippen LogP contribution in [0.15, 0.2) is 24.3 Å². The third-order valence-corrected chi connectivity index (χ3v) is 3.28. The molecule has 1 aromatic carbocycles. The van der Waals surface area contributed by atoms with Crippen LogP contribution in [0, 0.1) is 12.8 Å². The maximum Gasteiger partial charge on any atom is 0.241 e. The minimum atomic E-state index is -0.581. The minimum Gasteiger partial charge on any atom is -0.352 e. The Kier molecular flexibility index (Phi) is 8.51. The fraction of sp³-hybridized carbons (Fsp3) is 0.562. The average molecular weight is 299 g/mol. The zero-order valence-corrected chi connectivity index (χ0v) is 13.7. The number of halogens is 1. The van der Waals surface area contributed by atoms with E-state index in [2.05, 4.69) is 19.2 Å². The lowest BCUT2D eigenvalue weighted by Crippen LogP contribution is -2.39. The first-order valence-electron chi connectivity index (χ1n) is 7.02. The maximum atomic E-state index is 12.0. The van der Waals surface area contributed by atoms with Crippen LogP contribution in [0.3, 0.4) is 0 Å². The lowest BCUT2D eigenvalue weighted by molar-refractivity contribution is -0.123. The van der Waals surface area contributed by atoms with E-state index in [4.69, 9.17) is 5.73 Å². The van der Waals surface area contributed by atoms with Crippen molar-refractivity contribution in [1.82, 2.24) is 5.32 Å². The number of benzene rings is 1. The van der Waals surface area contributed by atoms with Gasteiger partial charge in [-0.3, -0.25) is 4.79 Å². The highest BCUT2D eigenvalue weighted by Gasteiger charge is 2.17. The van der Waals surface area contributed by atoms with Gasteiger partial charge in [-0.25, -0.2) is 0 Å². The van der Waals surface area contributed by atoms with Gasteiger partial charge in [0.2, 0.25) is 5.91 Å². The Morgan fingerprint density at radius 3 is 2.20 bits per heavy atom. The summed E-state index contributed by atoms with van der Waals surface area (Å²) < 4.78 is 0. The zero-order chi connectivity index (χ0) is 14.4. The standard InChI is InChI=1S/C16H26N2O.ClH/c1-11(2)5-8-13(4)18-16(19)15(17)14-9-6-12(3)7-10-14;/h6-7,9-11,13,15H,5,8,17H2,1-4H3,(H,18,19);1H. The number of amides is 1. The van der Waals surface area contributed by atoms with Crippen molar-refractivity contribution in [3.63, 3.8) is 0 Å². The van der Waals surface area contributed by atoms with Crippen molar-refractivity contribution in [3.05, 3.63) is 35.4 Å². The number of nitrogens with one attached hydrogen (secondary N) is 1. The van der Waals surface area contributed by atoms with Crippen molar-refractivity contribution in [2.75, 3.05) is 0 Å². The van der Waals surface area contributed by atoms with E-state index < -0.39 is 6.04 Å². The quantitative estimate of drug-likeness (QED) is 0.846. The number of hydrogen-bond acceptors (Lipinski definition) is 2. The van der Waals surface area contributed by atoms with Gasteiger partial charge in [0.1, 0.15) is 6.04 Å². The largest absolute Gasteiger partial charge is 0.352 e. The van der Waals surface area contributed by atoms with Gasteiger partial charge in [-0.15, -0.1) is 12.4 Å². The molecule has 4 heteroatoms. The van der Waals surface area contributed by atoms with E-state index in [0.717, 1.165) is 18.4 Å². The third-order valence-electron chi connectivity index (χ3n) is 3.28. The fourth-order valence-corrected chi connectivity index (χ4v) is 1.91. The van der Waals surface area contributed by atoms with E-state index in [1.165, 1.54) is 5.56 Å². The smallest absolute Gasteiger partial charge is 0.241 e. The molecule has 0 bridgehead atoms. The molecule has 1 rings (SSSR count). The Labute approximate surface area is 128 Å². The molecular weight excluding hydrogens is 272 g/mol. The van der Waals surface area contributed by atoms with Crippen molar-refractivity contribution in [2.24, 2.45) is 11.7 Å². The number of aryl methyl sites for hydroxylation is 1. The summed E-state index contributed by atoms with van der Waals surface area (Å²) in [4.78, 5) is 12.0. The topological polar surface area (TPSA) is 55.1 Å². The van der Waals surface area contributed by atoms with Crippen LogP contribution in [0.5, 0.6) is 0 Å². The molecule has 2 unspecified atom stereocenters. The minimum absolute atomic E-state index is 0. The highest BCUT2D eigenvalue weighted by molar-refractivity contribution is 5.85. The molecule has 0 saturated heterocycles. The van der Waals surface area contributed by atoms with Crippen LogP contribution in [-0.2, 0) is 4.79 Å². The summed E-state index contributed by atoms with van der Waals surface area (Å²) in [6.45, 7) is 8.42. The van der Waals surface area contributed by atoms with Crippen LogP contribution < -0.4 is 11.1 Å². The Bertz CT molecular complexity index is 403. The molecule has 0 radical (unpaired) electrons. The molecule has 20 heavy (non-hydrogen) atoms. The molecule has 3 nitrogen and oxygen atoms in total. The van der Waals surface area contributed by atoms with Gasteiger partial charge in [0.25, 0.3) is 0 Å². The first kappa shape index (κ1) is 18.9. The summed E-state index contributed by atoms with van der Waals surface area (Å²) in [5, 5.41) is 2.98. The zero-order valence-electron chi connectivity index (χ0n) is 12.8. The van der Waals surface area contributed by atoms with Gasteiger partial charge >= 0.3 is 0 Å². The molecule has 0 aliphatic heterocycles. The summed E-state index contributed by atoms with van der Waals surface area (Å²) in [5.74, 6) is 0.560. The third kappa shape index (κ3) is 6.40. The number of rotatable bonds is 6. The molecule has 3 N–H and O–H groups in total. The normalized spacial score (nSPS) is 13.5. The molecular formula is C16H27ClN2O. The molecule has 1 amide bonds. The summed E-state index contributed by atoms with van der Waals surface area (Å²) in [5.41, 5.74) is 8.01. The van der Waals surface area contributed by atoms with Crippen molar-refractivity contribution in [3.8, 4) is 0 Å². The molecule has 0 fully saturated rings. The maximum absolute atomic E-state index is 12.0. The van der Waals surface area contributed by atoms with Crippen LogP contribution in [0.2, 0.25) is 0 Å². The van der Waals surface area contributed by atoms with Crippen LogP contribution >= 0.6 is 12.4 Å². The Morgan fingerprint density at radius 2 is 1.70 bits per heavy atom. The predicted molar refractivity (Wildman–Crippen MR) is 87.0 cm³/mol.